The monoisotopic (exact) mass is 292 g/mol. The molecular weight excluding hydrogens is 278 g/mol. The van der Waals surface area contributed by atoms with Crippen molar-refractivity contribution < 1.29 is 8.78 Å². The normalized spacial score (nSPS) is 10.5. The summed E-state index contributed by atoms with van der Waals surface area (Å²) in [6, 6.07) is 0.858. The van der Waals surface area contributed by atoms with E-state index in [1.165, 1.54) is 0 Å². The first-order valence-electron chi connectivity index (χ1n) is 5.23. The summed E-state index contributed by atoms with van der Waals surface area (Å²) in [5.74, 6) is -1.04. The van der Waals surface area contributed by atoms with E-state index in [2.05, 4.69) is 20.9 Å². The van der Waals surface area contributed by atoms with Crippen molar-refractivity contribution in [1.29, 1.82) is 0 Å². The van der Waals surface area contributed by atoms with Gasteiger partial charge >= 0.3 is 0 Å². The number of pyridine rings is 1. The van der Waals surface area contributed by atoms with Crippen LogP contribution in [-0.2, 0) is 0 Å². The maximum absolute atomic E-state index is 13.3. The van der Waals surface area contributed by atoms with Crippen LogP contribution in [0.2, 0.25) is 0 Å². The quantitative estimate of drug-likeness (QED) is 0.590. The molecule has 90 valence electrons. The molecule has 0 atom stereocenters. The second-order valence-electron chi connectivity index (χ2n) is 3.63. The van der Waals surface area contributed by atoms with E-state index in [0.29, 0.717) is 0 Å². The molecule has 2 nitrogen and oxygen atoms in total. The highest BCUT2D eigenvalue weighted by Gasteiger charge is 2.09. The van der Waals surface area contributed by atoms with Gasteiger partial charge in [0.1, 0.15) is 5.82 Å². The zero-order valence-corrected chi connectivity index (χ0v) is 10.8. The van der Waals surface area contributed by atoms with Crippen LogP contribution in [0.5, 0.6) is 0 Å². The van der Waals surface area contributed by atoms with Crippen molar-refractivity contribution in [3.8, 4) is 0 Å². The number of halogens is 3. The van der Waals surface area contributed by atoms with E-state index < -0.39 is 11.6 Å². The SMILES string of the molecule is CN(CCCCCBr)c1ncc(F)cc1F. The number of unbranched alkanes of at least 4 members (excludes halogenated alkanes) is 2. The van der Waals surface area contributed by atoms with Crippen LogP contribution in [0.15, 0.2) is 12.3 Å². The third-order valence-electron chi connectivity index (χ3n) is 2.28. The Labute approximate surface area is 103 Å². The number of hydrogen-bond donors (Lipinski definition) is 0. The molecule has 16 heavy (non-hydrogen) atoms. The summed E-state index contributed by atoms with van der Waals surface area (Å²) in [5.41, 5.74) is 0. The third-order valence-corrected chi connectivity index (χ3v) is 2.84. The van der Waals surface area contributed by atoms with Gasteiger partial charge in [-0.15, -0.1) is 0 Å². The number of nitrogens with zero attached hydrogens (tertiary/aromatic N) is 2. The summed E-state index contributed by atoms with van der Waals surface area (Å²) >= 11 is 3.35. The van der Waals surface area contributed by atoms with E-state index >= 15 is 0 Å². The molecule has 0 aliphatic rings. The van der Waals surface area contributed by atoms with Crippen LogP contribution in [-0.4, -0.2) is 23.9 Å². The topological polar surface area (TPSA) is 16.1 Å². The van der Waals surface area contributed by atoms with E-state index in [9.17, 15) is 8.78 Å². The molecular formula is C11H15BrF2N2. The van der Waals surface area contributed by atoms with Gasteiger partial charge in [0.05, 0.1) is 6.20 Å². The Hall–Kier alpha value is -0.710. The van der Waals surface area contributed by atoms with Crippen molar-refractivity contribution in [1.82, 2.24) is 4.98 Å². The van der Waals surface area contributed by atoms with Crippen LogP contribution in [0.3, 0.4) is 0 Å². The molecule has 0 saturated heterocycles. The van der Waals surface area contributed by atoms with Gasteiger partial charge in [0.25, 0.3) is 0 Å². The fraction of sp³-hybridized carbons (Fsp3) is 0.545. The van der Waals surface area contributed by atoms with Crippen molar-refractivity contribution in [2.45, 2.75) is 19.3 Å². The molecule has 0 aliphatic carbocycles. The molecule has 1 rings (SSSR count). The smallest absolute Gasteiger partial charge is 0.168 e. The Balaban J connectivity index is 2.49. The molecule has 1 aromatic heterocycles. The van der Waals surface area contributed by atoms with Gasteiger partial charge in [-0.3, -0.25) is 0 Å². The van der Waals surface area contributed by atoms with E-state index in [4.69, 9.17) is 0 Å². The van der Waals surface area contributed by atoms with Crippen LogP contribution >= 0.6 is 15.9 Å². The summed E-state index contributed by atoms with van der Waals surface area (Å²) < 4.78 is 26.0. The van der Waals surface area contributed by atoms with Gasteiger partial charge in [-0.25, -0.2) is 13.8 Å². The molecule has 0 saturated carbocycles. The van der Waals surface area contributed by atoms with Crippen LogP contribution in [0, 0.1) is 11.6 Å². The molecule has 0 fully saturated rings. The highest BCUT2D eigenvalue weighted by Crippen LogP contribution is 2.15. The molecule has 1 aromatic rings. The zero-order valence-electron chi connectivity index (χ0n) is 9.22. The van der Waals surface area contributed by atoms with Gasteiger partial charge in [0.15, 0.2) is 11.6 Å². The summed E-state index contributed by atoms with van der Waals surface area (Å²) in [6.45, 7) is 0.725. The average Bonchev–Trinajstić information content (AvgIpc) is 2.24. The van der Waals surface area contributed by atoms with Crippen molar-refractivity contribution >= 4 is 21.7 Å². The van der Waals surface area contributed by atoms with E-state index in [-0.39, 0.29) is 5.82 Å². The van der Waals surface area contributed by atoms with Gasteiger partial charge in [-0.2, -0.15) is 0 Å². The minimum atomic E-state index is -0.645. The number of alkyl halides is 1. The fourth-order valence-corrected chi connectivity index (χ4v) is 1.81. The maximum Gasteiger partial charge on any atom is 0.168 e. The lowest BCUT2D eigenvalue weighted by Gasteiger charge is -2.18. The molecule has 0 spiro atoms. The Morgan fingerprint density at radius 1 is 1.31 bits per heavy atom. The van der Waals surface area contributed by atoms with E-state index in [0.717, 1.165) is 43.4 Å². The molecule has 0 aliphatic heterocycles. The van der Waals surface area contributed by atoms with Gasteiger partial charge in [0, 0.05) is 25.0 Å². The minimum absolute atomic E-state index is 0.209. The lowest BCUT2D eigenvalue weighted by molar-refractivity contribution is 0.568. The van der Waals surface area contributed by atoms with Gasteiger partial charge in [-0.05, 0) is 12.8 Å². The lowest BCUT2D eigenvalue weighted by atomic mass is 10.2. The van der Waals surface area contributed by atoms with Crippen LogP contribution < -0.4 is 4.90 Å². The Morgan fingerprint density at radius 3 is 2.69 bits per heavy atom. The molecule has 5 heteroatoms. The third kappa shape index (κ3) is 4.04. The van der Waals surface area contributed by atoms with Crippen LogP contribution in [0.25, 0.3) is 0 Å². The van der Waals surface area contributed by atoms with Crippen molar-refractivity contribution in [3.63, 3.8) is 0 Å². The van der Waals surface area contributed by atoms with Crippen molar-refractivity contribution in [2.24, 2.45) is 0 Å². The van der Waals surface area contributed by atoms with Crippen LogP contribution in [0.4, 0.5) is 14.6 Å². The van der Waals surface area contributed by atoms with Crippen molar-refractivity contribution in [3.05, 3.63) is 23.9 Å². The van der Waals surface area contributed by atoms with Gasteiger partial charge < -0.3 is 4.90 Å². The second-order valence-corrected chi connectivity index (χ2v) is 4.42. The Bertz CT molecular complexity index is 334. The van der Waals surface area contributed by atoms with E-state index in [1.807, 2.05) is 0 Å². The molecule has 0 aromatic carbocycles. The van der Waals surface area contributed by atoms with Crippen molar-refractivity contribution in [2.75, 3.05) is 23.8 Å². The summed E-state index contributed by atoms with van der Waals surface area (Å²) in [5, 5.41) is 0.986. The molecule has 0 N–H and O–H groups in total. The summed E-state index contributed by atoms with van der Waals surface area (Å²) in [4.78, 5) is 5.45. The molecule has 0 amide bonds. The Morgan fingerprint density at radius 2 is 2.06 bits per heavy atom. The predicted octanol–water partition coefficient (Wildman–Crippen LogP) is 3.36. The molecule has 0 radical (unpaired) electrons. The lowest BCUT2D eigenvalue weighted by Crippen LogP contribution is -2.21. The molecule has 1 heterocycles. The summed E-state index contributed by atoms with van der Waals surface area (Å²) in [6.07, 6.45) is 4.19. The predicted molar refractivity (Wildman–Crippen MR) is 65.1 cm³/mol. The van der Waals surface area contributed by atoms with Crippen LogP contribution in [0.1, 0.15) is 19.3 Å². The van der Waals surface area contributed by atoms with Gasteiger partial charge in [0.2, 0.25) is 0 Å². The van der Waals surface area contributed by atoms with Gasteiger partial charge in [-0.1, -0.05) is 22.4 Å². The number of aromatic nitrogens is 1. The standard InChI is InChI=1S/C11H15BrF2N2/c1-16(6-4-2-3-5-12)11-10(14)7-9(13)8-15-11/h7-8H,2-6H2,1H3. The second kappa shape index (κ2) is 6.78. The first kappa shape index (κ1) is 13.4. The maximum atomic E-state index is 13.3. The first-order valence-corrected chi connectivity index (χ1v) is 6.35. The van der Waals surface area contributed by atoms with E-state index in [1.54, 1.807) is 11.9 Å². The molecule has 0 unspecified atom stereocenters. The minimum Gasteiger partial charge on any atom is -0.357 e. The largest absolute Gasteiger partial charge is 0.357 e. The average molecular weight is 293 g/mol. The highest BCUT2D eigenvalue weighted by atomic mass is 79.9. The molecule has 0 bridgehead atoms. The number of hydrogen-bond acceptors (Lipinski definition) is 2. The number of rotatable bonds is 6. The Kier molecular flexibility index (Phi) is 5.66. The number of anilines is 1. The fourth-order valence-electron chi connectivity index (χ4n) is 1.41. The summed E-state index contributed by atoms with van der Waals surface area (Å²) in [7, 11) is 1.76. The first-order chi connectivity index (χ1) is 7.65. The highest BCUT2D eigenvalue weighted by molar-refractivity contribution is 9.09. The zero-order chi connectivity index (χ0) is 12.0.